The van der Waals surface area contributed by atoms with Crippen LogP contribution in [0.4, 0.5) is 5.69 Å². The molecule has 1 aromatic carbocycles. The fraction of sp³-hybridized carbons (Fsp3) is 0.125. The van der Waals surface area contributed by atoms with Gasteiger partial charge in [-0.25, -0.2) is 0 Å². The number of amides is 1. The topological polar surface area (TPSA) is 71.0 Å². The number of hydrogen-bond acceptors (Lipinski definition) is 6. The highest BCUT2D eigenvalue weighted by Gasteiger charge is 2.34. The molecule has 0 fully saturated rings. The lowest BCUT2D eigenvalue weighted by atomic mass is 10.1. The quantitative estimate of drug-likeness (QED) is 0.802. The van der Waals surface area contributed by atoms with Crippen LogP contribution in [0.15, 0.2) is 54.2 Å². The highest BCUT2D eigenvalue weighted by Crippen LogP contribution is 2.33. The second-order valence-electron chi connectivity index (χ2n) is 5.22. The summed E-state index contributed by atoms with van der Waals surface area (Å²) in [6, 6.07) is 11.3. The van der Waals surface area contributed by atoms with Gasteiger partial charge in [0.05, 0.1) is 5.56 Å². The van der Waals surface area contributed by atoms with Crippen LogP contribution in [0.1, 0.15) is 27.8 Å². The smallest absolute Gasteiger partial charge is 0.258 e. The SMILES string of the molecule is O=C1c2ccccc2N[C@H](c2csnn2)N1Cc1cccnc1. The van der Waals surface area contributed by atoms with Gasteiger partial charge in [0, 0.05) is 30.0 Å². The highest BCUT2D eigenvalue weighted by molar-refractivity contribution is 7.03. The van der Waals surface area contributed by atoms with E-state index in [1.165, 1.54) is 11.5 Å². The minimum Gasteiger partial charge on any atom is -0.359 e. The first-order chi connectivity index (χ1) is 11.3. The Morgan fingerprint density at radius 1 is 1.22 bits per heavy atom. The van der Waals surface area contributed by atoms with Gasteiger partial charge < -0.3 is 10.2 Å². The van der Waals surface area contributed by atoms with Crippen LogP contribution in [0.2, 0.25) is 0 Å². The van der Waals surface area contributed by atoms with E-state index in [1.54, 1.807) is 17.3 Å². The molecule has 0 saturated heterocycles. The van der Waals surface area contributed by atoms with Crippen LogP contribution in [0.5, 0.6) is 0 Å². The zero-order valence-corrected chi connectivity index (χ0v) is 12.9. The first kappa shape index (κ1) is 13.8. The third kappa shape index (κ3) is 2.55. The molecule has 1 aliphatic heterocycles. The number of benzene rings is 1. The summed E-state index contributed by atoms with van der Waals surface area (Å²) in [5.74, 6) is -0.0267. The van der Waals surface area contributed by atoms with E-state index in [1.807, 2.05) is 41.8 Å². The monoisotopic (exact) mass is 323 g/mol. The molecule has 0 saturated carbocycles. The van der Waals surface area contributed by atoms with E-state index in [-0.39, 0.29) is 12.1 Å². The van der Waals surface area contributed by atoms with Crippen LogP contribution >= 0.6 is 11.5 Å². The maximum absolute atomic E-state index is 12.9. The predicted molar refractivity (Wildman–Crippen MR) is 86.8 cm³/mol. The molecule has 0 aliphatic carbocycles. The van der Waals surface area contributed by atoms with Crippen molar-refractivity contribution in [3.8, 4) is 0 Å². The molecule has 1 atom stereocenters. The zero-order valence-electron chi connectivity index (χ0n) is 12.1. The molecule has 7 heteroatoms. The summed E-state index contributed by atoms with van der Waals surface area (Å²) in [5.41, 5.74) is 3.19. The molecule has 1 aliphatic rings. The summed E-state index contributed by atoms with van der Waals surface area (Å²) in [6.07, 6.45) is 3.15. The molecule has 0 bridgehead atoms. The molecule has 3 aromatic rings. The van der Waals surface area contributed by atoms with Crippen molar-refractivity contribution in [2.75, 3.05) is 5.32 Å². The average molecular weight is 323 g/mol. The fourth-order valence-electron chi connectivity index (χ4n) is 2.67. The minimum atomic E-state index is -0.337. The summed E-state index contributed by atoms with van der Waals surface area (Å²) >= 11 is 1.27. The molecule has 114 valence electrons. The Morgan fingerprint density at radius 3 is 2.91 bits per heavy atom. The summed E-state index contributed by atoms with van der Waals surface area (Å²) in [6.45, 7) is 0.455. The molecule has 6 nitrogen and oxygen atoms in total. The number of para-hydroxylation sites is 1. The van der Waals surface area contributed by atoms with Gasteiger partial charge in [0.15, 0.2) is 0 Å². The number of nitrogens with one attached hydrogen (secondary N) is 1. The maximum atomic E-state index is 12.9. The normalized spacial score (nSPS) is 16.8. The maximum Gasteiger partial charge on any atom is 0.258 e. The number of aromatic nitrogens is 3. The van der Waals surface area contributed by atoms with E-state index in [9.17, 15) is 4.79 Å². The second-order valence-corrected chi connectivity index (χ2v) is 5.83. The summed E-state index contributed by atoms with van der Waals surface area (Å²) in [5, 5.41) is 9.38. The molecular weight excluding hydrogens is 310 g/mol. The van der Waals surface area contributed by atoms with E-state index >= 15 is 0 Å². The van der Waals surface area contributed by atoms with Crippen molar-refractivity contribution in [1.82, 2.24) is 19.5 Å². The number of rotatable bonds is 3. The van der Waals surface area contributed by atoms with Crippen molar-refractivity contribution in [2.24, 2.45) is 0 Å². The Labute approximate surface area is 137 Å². The van der Waals surface area contributed by atoms with Gasteiger partial charge in [-0.2, -0.15) is 0 Å². The number of fused-ring (bicyclic) bond motifs is 1. The molecule has 0 spiro atoms. The second kappa shape index (κ2) is 5.77. The van der Waals surface area contributed by atoms with Gasteiger partial charge in [0.1, 0.15) is 11.9 Å². The van der Waals surface area contributed by atoms with Crippen LogP contribution in [0.3, 0.4) is 0 Å². The Balaban J connectivity index is 1.75. The number of carbonyl (C=O) groups is 1. The van der Waals surface area contributed by atoms with E-state index < -0.39 is 0 Å². The van der Waals surface area contributed by atoms with Crippen LogP contribution in [-0.2, 0) is 6.54 Å². The van der Waals surface area contributed by atoms with Crippen LogP contribution in [0, 0.1) is 0 Å². The third-order valence-corrected chi connectivity index (χ3v) is 4.28. The standard InChI is InChI=1S/C16H13N5OS/c22-16-12-5-1-2-6-13(12)18-15(14-10-23-20-19-14)21(16)9-11-4-3-7-17-8-11/h1-8,10,15,18H,9H2/t15-/m0/s1. The number of hydrogen-bond donors (Lipinski definition) is 1. The highest BCUT2D eigenvalue weighted by atomic mass is 32.1. The summed E-state index contributed by atoms with van der Waals surface area (Å²) in [4.78, 5) is 18.8. The van der Waals surface area contributed by atoms with Gasteiger partial charge in [0.2, 0.25) is 0 Å². The molecule has 0 radical (unpaired) electrons. The van der Waals surface area contributed by atoms with Crippen LogP contribution in [-0.4, -0.2) is 25.4 Å². The van der Waals surface area contributed by atoms with E-state index in [0.29, 0.717) is 12.1 Å². The minimum absolute atomic E-state index is 0.0267. The molecule has 23 heavy (non-hydrogen) atoms. The molecule has 2 aromatic heterocycles. The number of anilines is 1. The number of carbonyl (C=O) groups excluding carboxylic acids is 1. The Morgan fingerprint density at radius 2 is 2.13 bits per heavy atom. The van der Waals surface area contributed by atoms with E-state index in [4.69, 9.17) is 0 Å². The van der Waals surface area contributed by atoms with Crippen molar-refractivity contribution in [3.63, 3.8) is 0 Å². The van der Waals surface area contributed by atoms with Crippen molar-refractivity contribution in [3.05, 3.63) is 71.0 Å². The lowest BCUT2D eigenvalue weighted by molar-refractivity contribution is 0.0662. The van der Waals surface area contributed by atoms with E-state index in [0.717, 1.165) is 16.9 Å². The van der Waals surface area contributed by atoms with Crippen LogP contribution in [0.25, 0.3) is 0 Å². The molecule has 3 heterocycles. The third-order valence-electron chi connectivity index (χ3n) is 3.75. The largest absolute Gasteiger partial charge is 0.359 e. The average Bonchev–Trinajstić information content (AvgIpc) is 3.13. The molecule has 1 amide bonds. The molecule has 4 rings (SSSR count). The van der Waals surface area contributed by atoms with Gasteiger partial charge >= 0.3 is 0 Å². The fourth-order valence-corrected chi connectivity index (χ4v) is 3.14. The molecule has 0 unspecified atom stereocenters. The van der Waals surface area contributed by atoms with Crippen molar-refractivity contribution >= 4 is 23.1 Å². The van der Waals surface area contributed by atoms with Crippen molar-refractivity contribution in [2.45, 2.75) is 12.7 Å². The Bertz CT molecular complexity index is 822. The van der Waals surface area contributed by atoms with Crippen molar-refractivity contribution < 1.29 is 4.79 Å². The molecule has 1 N–H and O–H groups in total. The van der Waals surface area contributed by atoms with Gasteiger partial charge in [-0.3, -0.25) is 9.78 Å². The predicted octanol–water partition coefficient (Wildman–Crippen LogP) is 2.70. The zero-order chi connectivity index (χ0) is 15.6. The lowest BCUT2D eigenvalue weighted by Crippen LogP contribution is -2.42. The first-order valence-corrected chi connectivity index (χ1v) is 7.99. The summed E-state index contributed by atoms with van der Waals surface area (Å²) in [7, 11) is 0. The van der Waals surface area contributed by atoms with Crippen molar-refractivity contribution in [1.29, 1.82) is 0 Å². The summed E-state index contributed by atoms with van der Waals surface area (Å²) < 4.78 is 3.92. The van der Waals surface area contributed by atoms with E-state index in [2.05, 4.69) is 19.9 Å². The van der Waals surface area contributed by atoms with Gasteiger partial charge in [-0.1, -0.05) is 22.7 Å². The Hall–Kier alpha value is -2.80. The van der Waals surface area contributed by atoms with Gasteiger partial charge in [0.25, 0.3) is 5.91 Å². The van der Waals surface area contributed by atoms with Gasteiger partial charge in [-0.15, -0.1) is 5.10 Å². The molecular formula is C16H13N5OS. The van der Waals surface area contributed by atoms with Crippen LogP contribution < -0.4 is 5.32 Å². The first-order valence-electron chi connectivity index (χ1n) is 7.15. The van der Waals surface area contributed by atoms with Gasteiger partial charge in [-0.05, 0) is 35.3 Å². The lowest BCUT2D eigenvalue weighted by Gasteiger charge is -2.36. The number of pyridine rings is 1. The number of nitrogens with zero attached hydrogens (tertiary/aromatic N) is 4. The Kier molecular flexibility index (Phi) is 3.47.